The van der Waals surface area contributed by atoms with Gasteiger partial charge < -0.3 is 18.9 Å². The van der Waals surface area contributed by atoms with Crippen LogP contribution in [0.1, 0.15) is 75.9 Å². The number of fused-ring (bicyclic) bond motifs is 1. The number of hydrogen-bond acceptors (Lipinski definition) is 8. The van der Waals surface area contributed by atoms with E-state index < -0.39 is 35.6 Å². The summed E-state index contributed by atoms with van der Waals surface area (Å²) < 4.78 is 15.3. The summed E-state index contributed by atoms with van der Waals surface area (Å²) in [5.41, 5.74) is 1.46. The molecule has 10 nitrogen and oxygen atoms in total. The number of Topliss-reactive ketones (excluding diaryl/α,β-unsaturated/α-hetero) is 1. The average Bonchev–Trinajstić information content (AvgIpc) is 3.52. The number of furan rings is 1. The highest BCUT2D eigenvalue weighted by molar-refractivity contribution is 6.21. The lowest BCUT2D eigenvalue weighted by Gasteiger charge is -2.12. The number of carbonyl (C=O) groups excluding carboxylic acids is 5. The lowest BCUT2D eigenvalue weighted by molar-refractivity contribution is 0.0316. The molecule has 3 aromatic rings. The molecule has 10 heteroatoms. The number of methoxy groups -OCH3 is 1. The van der Waals surface area contributed by atoms with Crippen LogP contribution in [0.4, 0.5) is 0 Å². The zero-order chi connectivity index (χ0) is 25.4. The molecule has 0 fully saturated rings. The van der Waals surface area contributed by atoms with E-state index >= 15 is 0 Å². The molecule has 2 amide bonds. The Balaban J connectivity index is 1.50. The molecule has 1 aliphatic rings. The first-order valence-corrected chi connectivity index (χ1v) is 10.7. The van der Waals surface area contributed by atoms with Crippen LogP contribution in [0.25, 0.3) is 0 Å². The second-order valence-electron chi connectivity index (χ2n) is 8.06. The molecule has 180 valence electrons. The van der Waals surface area contributed by atoms with E-state index in [4.69, 9.17) is 13.9 Å². The molecule has 0 bridgehead atoms. The summed E-state index contributed by atoms with van der Waals surface area (Å²) in [6.45, 7) is 4.59. The van der Waals surface area contributed by atoms with Crippen molar-refractivity contribution in [3.8, 4) is 0 Å². The number of aromatic nitrogens is 1. The second kappa shape index (κ2) is 9.05. The number of aryl methyl sites for hydroxylation is 1. The Morgan fingerprint density at radius 3 is 2.43 bits per heavy atom. The molecular formula is C25H22N2O8. The van der Waals surface area contributed by atoms with Crippen molar-refractivity contribution in [1.82, 2.24) is 9.88 Å². The second-order valence-corrected chi connectivity index (χ2v) is 8.06. The maximum absolute atomic E-state index is 12.9. The molecule has 1 aliphatic heterocycles. The van der Waals surface area contributed by atoms with E-state index in [0.717, 1.165) is 4.90 Å². The van der Waals surface area contributed by atoms with E-state index in [-0.39, 0.29) is 34.5 Å². The van der Waals surface area contributed by atoms with Crippen molar-refractivity contribution in [1.29, 1.82) is 0 Å². The number of imide groups is 1. The predicted molar refractivity (Wildman–Crippen MR) is 120 cm³/mol. The van der Waals surface area contributed by atoms with Gasteiger partial charge in [0.1, 0.15) is 5.76 Å². The van der Waals surface area contributed by atoms with Crippen LogP contribution in [0.2, 0.25) is 0 Å². The number of ketones is 1. The third-order valence-corrected chi connectivity index (χ3v) is 5.83. The number of nitrogens with one attached hydrogen (secondary N) is 1. The highest BCUT2D eigenvalue weighted by Gasteiger charge is 2.37. The molecule has 1 aromatic carbocycles. The Bertz CT molecular complexity index is 1370. The number of nitrogens with zero attached hydrogens (tertiary/aromatic N) is 1. The first-order valence-electron chi connectivity index (χ1n) is 10.7. The Hall–Kier alpha value is -4.47. The van der Waals surface area contributed by atoms with Crippen LogP contribution >= 0.6 is 0 Å². The van der Waals surface area contributed by atoms with E-state index in [2.05, 4.69) is 4.98 Å². The number of aromatic amines is 1. The molecule has 0 aliphatic carbocycles. The van der Waals surface area contributed by atoms with Crippen molar-refractivity contribution in [2.45, 2.75) is 33.4 Å². The van der Waals surface area contributed by atoms with Crippen LogP contribution in [-0.4, -0.2) is 52.6 Å². The van der Waals surface area contributed by atoms with Gasteiger partial charge in [0.2, 0.25) is 5.78 Å². The van der Waals surface area contributed by atoms with Crippen molar-refractivity contribution in [2.75, 3.05) is 7.11 Å². The lowest BCUT2D eigenvalue weighted by atomic mass is 10.1. The number of carbonyl (C=O) groups is 5. The molecule has 1 unspecified atom stereocenters. The van der Waals surface area contributed by atoms with Crippen LogP contribution in [0.5, 0.6) is 0 Å². The van der Waals surface area contributed by atoms with Crippen LogP contribution in [0.3, 0.4) is 0 Å². The van der Waals surface area contributed by atoms with E-state index in [1.54, 1.807) is 26.0 Å². The minimum Gasteiger partial charge on any atom is -0.467 e. The van der Waals surface area contributed by atoms with Gasteiger partial charge in [0.05, 0.1) is 47.9 Å². The SMILES string of the molecule is COC(=O)c1c(C)[nH]c(C(=O)C(C)OC(=O)c2ccc3c(c2)C(=O)N(Cc2ccco2)C3=O)c1C. The van der Waals surface area contributed by atoms with Gasteiger partial charge in [0, 0.05) is 5.69 Å². The molecule has 1 N–H and O–H groups in total. The highest BCUT2D eigenvalue weighted by Crippen LogP contribution is 2.27. The first-order chi connectivity index (χ1) is 16.6. The van der Waals surface area contributed by atoms with Gasteiger partial charge in [-0.1, -0.05) is 0 Å². The molecular weight excluding hydrogens is 456 g/mol. The maximum atomic E-state index is 12.9. The molecule has 0 radical (unpaired) electrons. The molecule has 0 saturated carbocycles. The van der Waals surface area contributed by atoms with Gasteiger partial charge >= 0.3 is 11.9 Å². The number of ether oxygens (including phenoxy) is 2. The summed E-state index contributed by atoms with van der Waals surface area (Å²) >= 11 is 0. The minimum atomic E-state index is -1.19. The lowest BCUT2D eigenvalue weighted by Crippen LogP contribution is -2.28. The number of esters is 2. The normalized spacial score (nSPS) is 13.5. The summed E-state index contributed by atoms with van der Waals surface area (Å²) in [5, 5.41) is 0. The standard InChI is InChI=1S/C25H22N2O8/c1-12-19(25(32)33-4)13(2)26-20(12)21(28)14(3)35-24(31)15-7-8-17-18(10-15)23(30)27(22(17)29)11-16-6-5-9-34-16/h5-10,14,26H,11H2,1-4H3. The monoisotopic (exact) mass is 478 g/mol. The van der Waals surface area contributed by atoms with E-state index in [9.17, 15) is 24.0 Å². The Morgan fingerprint density at radius 2 is 1.77 bits per heavy atom. The number of benzene rings is 1. The van der Waals surface area contributed by atoms with Gasteiger partial charge in [-0.15, -0.1) is 0 Å². The fraction of sp³-hybridized carbons (Fsp3) is 0.240. The Morgan fingerprint density at radius 1 is 1.06 bits per heavy atom. The van der Waals surface area contributed by atoms with Gasteiger partial charge in [-0.25, -0.2) is 9.59 Å². The van der Waals surface area contributed by atoms with Crippen molar-refractivity contribution in [2.24, 2.45) is 0 Å². The third-order valence-electron chi connectivity index (χ3n) is 5.83. The summed E-state index contributed by atoms with van der Waals surface area (Å²) in [7, 11) is 1.24. The average molecular weight is 478 g/mol. The van der Waals surface area contributed by atoms with Gasteiger partial charge in [-0.3, -0.25) is 19.3 Å². The molecule has 0 saturated heterocycles. The Labute approximate surface area is 199 Å². The van der Waals surface area contributed by atoms with Gasteiger partial charge in [-0.2, -0.15) is 0 Å². The zero-order valence-electron chi connectivity index (χ0n) is 19.5. The van der Waals surface area contributed by atoms with Crippen LogP contribution in [0.15, 0.2) is 41.0 Å². The van der Waals surface area contributed by atoms with Crippen LogP contribution in [-0.2, 0) is 16.0 Å². The third kappa shape index (κ3) is 4.14. The quantitative estimate of drug-likeness (QED) is 0.311. The molecule has 2 aromatic heterocycles. The number of amides is 2. The van der Waals surface area contributed by atoms with Crippen molar-refractivity contribution in [3.05, 3.63) is 81.6 Å². The summed E-state index contributed by atoms with van der Waals surface area (Å²) in [4.78, 5) is 66.9. The molecule has 4 rings (SSSR count). The fourth-order valence-electron chi connectivity index (χ4n) is 4.01. The van der Waals surface area contributed by atoms with Crippen molar-refractivity contribution >= 4 is 29.5 Å². The van der Waals surface area contributed by atoms with Gasteiger partial charge in [0.15, 0.2) is 6.10 Å². The van der Waals surface area contributed by atoms with E-state index in [1.165, 1.54) is 38.5 Å². The number of rotatable bonds is 7. The van der Waals surface area contributed by atoms with Gasteiger partial charge in [0.25, 0.3) is 11.8 Å². The zero-order valence-corrected chi connectivity index (χ0v) is 19.5. The highest BCUT2D eigenvalue weighted by atomic mass is 16.5. The summed E-state index contributed by atoms with van der Waals surface area (Å²) in [5.74, 6) is -2.58. The van der Waals surface area contributed by atoms with E-state index in [1.807, 2.05) is 0 Å². The molecule has 0 spiro atoms. The summed E-state index contributed by atoms with van der Waals surface area (Å²) in [6, 6.07) is 7.31. The first kappa shape index (κ1) is 23.7. The Kier molecular flexibility index (Phi) is 6.12. The fourth-order valence-corrected chi connectivity index (χ4v) is 4.01. The van der Waals surface area contributed by atoms with Gasteiger partial charge in [-0.05, 0) is 56.7 Å². The molecule has 3 heterocycles. The largest absolute Gasteiger partial charge is 0.467 e. The smallest absolute Gasteiger partial charge is 0.339 e. The minimum absolute atomic E-state index is 0.0130. The molecule has 1 atom stereocenters. The topological polar surface area (TPSA) is 136 Å². The maximum Gasteiger partial charge on any atom is 0.339 e. The van der Waals surface area contributed by atoms with Crippen LogP contribution in [0, 0.1) is 13.8 Å². The van der Waals surface area contributed by atoms with Crippen LogP contribution < -0.4 is 0 Å². The number of H-pyrrole nitrogens is 1. The van der Waals surface area contributed by atoms with E-state index in [0.29, 0.717) is 17.0 Å². The number of hydrogen-bond donors (Lipinski definition) is 1. The molecule has 35 heavy (non-hydrogen) atoms. The van der Waals surface area contributed by atoms with Crippen molar-refractivity contribution < 1.29 is 37.9 Å². The summed E-state index contributed by atoms with van der Waals surface area (Å²) in [6.07, 6.45) is 0.252. The predicted octanol–water partition coefficient (Wildman–Crippen LogP) is 3.24. The van der Waals surface area contributed by atoms with Crippen molar-refractivity contribution in [3.63, 3.8) is 0 Å².